The van der Waals surface area contributed by atoms with E-state index < -0.39 is 0 Å². The van der Waals surface area contributed by atoms with Gasteiger partial charge in [-0.3, -0.25) is 0 Å². The maximum absolute atomic E-state index is 9.24. The topological polar surface area (TPSA) is 39.9 Å². The first-order valence-electron chi connectivity index (χ1n) is 7.06. The highest BCUT2D eigenvalue weighted by Crippen LogP contribution is 2.27. The van der Waals surface area contributed by atoms with Crippen molar-refractivity contribution < 1.29 is 0 Å². The summed E-state index contributed by atoms with van der Waals surface area (Å²) in [4.78, 5) is 7.09. The van der Waals surface area contributed by atoms with Crippen LogP contribution < -0.4 is 0 Å². The molecule has 0 radical (unpaired) electrons. The second-order valence-electron chi connectivity index (χ2n) is 4.79. The quantitative estimate of drug-likeness (QED) is 0.748. The molecule has 102 valence electrons. The highest BCUT2D eigenvalue weighted by molar-refractivity contribution is 7.99. The van der Waals surface area contributed by atoms with Crippen molar-refractivity contribution in [3.05, 3.63) is 22.9 Å². The minimum absolute atomic E-state index is 0.755. The number of rotatable bonds is 6. The highest BCUT2D eigenvalue weighted by atomic mass is 32.2. The number of fused-ring (bicyclic) bond motifs is 1. The van der Waals surface area contributed by atoms with Gasteiger partial charge in [-0.15, -0.1) is 11.8 Å². The van der Waals surface area contributed by atoms with Gasteiger partial charge in [0.25, 0.3) is 0 Å². The fourth-order valence-corrected chi connectivity index (χ4v) is 3.43. The van der Waals surface area contributed by atoms with E-state index in [0.29, 0.717) is 0 Å². The molecule has 0 spiro atoms. The van der Waals surface area contributed by atoms with Gasteiger partial charge in [0.2, 0.25) is 0 Å². The molecule has 0 aliphatic heterocycles. The molecule has 0 amide bonds. The molecule has 0 unspecified atom stereocenters. The van der Waals surface area contributed by atoms with Crippen molar-refractivity contribution in [2.45, 2.75) is 38.1 Å². The zero-order valence-corrected chi connectivity index (χ0v) is 12.6. The lowest BCUT2D eigenvalue weighted by Gasteiger charge is -2.17. The second-order valence-corrected chi connectivity index (χ2v) is 5.87. The van der Waals surface area contributed by atoms with Crippen LogP contribution in [0.5, 0.6) is 0 Å². The van der Waals surface area contributed by atoms with E-state index in [4.69, 9.17) is 4.98 Å². The third-order valence-corrected chi connectivity index (χ3v) is 4.65. The van der Waals surface area contributed by atoms with Gasteiger partial charge in [0.05, 0.1) is 5.56 Å². The monoisotopic (exact) mass is 275 g/mol. The summed E-state index contributed by atoms with van der Waals surface area (Å²) in [7, 11) is 0. The van der Waals surface area contributed by atoms with Crippen LogP contribution in [-0.2, 0) is 12.8 Å². The lowest BCUT2D eigenvalue weighted by atomic mass is 10.2. The molecule has 1 aromatic heterocycles. The van der Waals surface area contributed by atoms with Crippen molar-refractivity contribution >= 4 is 11.8 Å². The molecule has 2 rings (SSSR count). The number of hydrogen-bond donors (Lipinski definition) is 0. The van der Waals surface area contributed by atoms with Crippen molar-refractivity contribution in [2.75, 3.05) is 25.4 Å². The average Bonchev–Trinajstić information content (AvgIpc) is 2.89. The number of hydrogen-bond acceptors (Lipinski definition) is 4. The molecule has 0 saturated heterocycles. The van der Waals surface area contributed by atoms with Crippen LogP contribution in [0, 0.1) is 11.3 Å². The predicted octanol–water partition coefficient (Wildman–Crippen LogP) is 2.88. The van der Waals surface area contributed by atoms with Crippen LogP contribution in [0.2, 0.25) is 0 Å². The molecule has 0 fully saturated rings. The molecule has 1 heterocycles. The van der Waals surface area contributed by atoms with E-state index in [2.05, 4.69) is 30.9 Å². The van der Waals surface area contributed by atoms with Crippen molar-refractivity contribution in [1.29, 1.82) is 5.26 Å². The molecule has 0 aromatic carbocycles. The Hall–Kier alpha value is -1.05. The Morgan fingerprint density at radius 2 is 2.16 bits per heavy atom. The van der Waals surface area contributed by atoms with E-state index in [-0.39, 0.29) is 0 Å². The molecule has 3 nitrogen and oxygen atoms in total. The number of nitrogens with zero attached hydrogens (tertiary/aromatic N) is 3. The number of thioether (sulfide) groups is 1. The third-order valence-electron chi connectivity index (χ3n) is 3.68. The molecular weight excluding hydrogens is 254 g/mol. The average molecular weight is 275 g/mol. The fraction of sp³-hybridized carbons (Fsp3) is 0.600. The van der Waals surface area contributed by atoms with Gasteiger partial charge in [0.1, 0.15) is 11.1 Å². The van der Waals surface area contributed by atoms with E-state index in [1.807, 2.05) is 0 Å². The van der Waals surface area contributed by atoms with Gasteiger partial charge in [0, 0.05) is 18.0 Å². The molecule has 19 heavy (non-hydrogen) atoms. The van der Waals surface area contributed by atoms with E-state index in [9.17, 15) is 5.26 Å². The summed E-state index contributed by atoms with van der Waals surface area (Å²) in [6.45, 7) is 7.59. The fourth-order valence-electron chi connectivity index (χ4n) is 2.45. The van der Waals surface area contributed by atoms with Crippen LogP contribution >= 0.6 is 11.8 Å². The molecule has 0 bridgehead atoms. The Balaban J connectivity index is 2.02. The van der Waals surface area contributed by atoms with Crippen LogP contribution in [-0.4, -0.2) is 35.3 Å². The van der Waals surface area contributed by atoms with Gasteiger partial charge in [-0.2, -0.15) is 5.26 Å². The Kier molecular flexibility index (Phi) is 5.24. The Morgan fingerprint density at radius 1 is 1.37 bits per heavy atom. The van der Waals surface area contributed by atoms with E-state index in [1.54, 1.807) is 11.8 Å². The van der Waals surface area contributed by atoms with Crippen molar-refractivity contribution in [2.24, 2.45) is 0 Å². The van der Waals surface area contributed by atoms with Crippen molar-refractivity contribution in [3.8, 4) is 6.07 Å². The Bertz CT molecular complexity index is 475. The Morgan fingerprint density at radius 3 is 2.84 bits per heavy atom. The van der Waals surface area contributed by atoms with Crippen LogP contribution in [0.15, 0.2) is 11.1 Å². The first kappa shape index (κ1) is 14.4. The first-order valence-corrected chi connectivity index (χ1v) is 8.05. The van der Waals surface area contributed by atoms with Gasteiger partial charge >= 0.3 is 0 Å². The highest BCUT2D eigenvalue weighted by Gasteiger charge is 2.16. The summed E-state index contributed by atoms with van der Waals surface area (Å²) < 4.78 is 0. The minimum Gasteiger partial charge on any atom is -0.303 e. The summed E-state index contributed by atoms with van der Waals surface area (Å²) in [6, 6.07) is 4.35. The minimum atomic E-state index is 0.755. The molecule has 0 saturated carbocycles. The number of aryl methyl sites for hydroxylation is 2. The zero-order valence-electron chi connectivity index (χ0n) is 11.8. The standard InChI is InChI=1S/C15H21N3S/c1-3-18(4-2)8-9-19-15-13(11-16)10-12-6-5-7-14(12)17-15/h10H,3-9H2,1-2H3. The van der Waals surface area contributed by atoms with Crippen molar-refractivity contribution in [1.82, 2.24) is 9.88 Å². The van der Waals surface area contributed by atoms with Gasteiger partial charge < -0.3 is 4.90 Å². The van der Waals surface area contributed by atoms with E-state index in [0.717, 1.165) is 48.8 Å². The van der Waals surface area contributed by atoms with Crippen LogP contribution in [0.1, 0.15) is 37.1 Å². The molecule has 1 aliphatic rings. The summed E-state index contributed by atoms with van der Waals surface area (Å²) in [5.74, 6) is 1.00. The summed E-state index contributed by atoms with van der Waals surface area (Å²) in [5.41, 5.74) is 3.25. The largest absolute Gasteiger partial charge is 0.303 e. The predicted molar refractivity (Wildman–Crippen MR) is 79.5 cm³/mol. The number of aromatic nitrogens is 1. The lowest BCUT2D eigenvalue weighted by Crippen LogP contribution is -2.25. The third kappa shape index (κ3) is 3.49. The maximum Gasteiger partial charge on any atom is 0.114 e. The molecule has 1 aromatic rings. The Labute approximate surface area is 120 Å². The first-order chi connectivity index (χ1) is 9.28. The van der Waals surface area contributed by atoms with Gasteiger partial charge in [-0.25, -0.2) is 4.98 Å². The van der Waals surface area contributed by atoms with E-state index >= 15 is 0 Å². The van der Waals surface area contributed by atoms with Crippen LogP contribution in [0.3, 0.4) is 0 Å². The van der Waals surface area contributed by atoms with Crippen LogP contribution in [0.25, 0.3) is 0 Å². The smallest absolute Gasteiger partial charge is 0.114 e. The van der Waals surface area contributed by atoms with Gasteiger partial charge in [-0.05, 0) is 44.0 Å². The van der Waals surface area contributed by atoms with Crippen molar-refractivity contribution in [3.63, 3.8) is 0 Å². The second kappa shape index (κ2) is 6.93. The summed E-state index contributed by atoms with van der Waals surface area (Å²) in [5, 5.41) is 10.2. The summed E-state index contributed by atoms with van der Waals surface area (Å²) >= 11 is 1.72. The van der Waals surface area contributed by atoms with Gasteiger partial charge in [0.15, 0.2) is 0 Å². The maximum atomic E-state index is 9.24. The SMILES string of the molecule is CCN(CC)CCSc1nc2c(cc1C#N)CCC2. The number of nitriles is 1. The van der Waals surface area contributed by atoms with Crippen LogP contribution in [0.4, 0.5) is 0 Å². The molecular formula is C15H21N3S. The van der Waals surface area contributed by atoms with Gasteiger partial charge in [-0.1, -0.05) is 13.8 Å². The normalized spacial score (nSPS) is 13.6. The zero-order chi connectivity index (χ0) is 13.7. The van der Waals surface area contributed by atoms with E-state index in [1.165, 1.54) is 17.7 Å². The lowest BCUT2D eigenvalue weighted by molar-refractivity contribution is 0.324. The summed E-state index contributed by atoms with van der Waals surface area (Å²) in [6.07, 6.45) is 3.34. The molecule has 4 heteroatoms. The molecule has 0 atom stereocenters. The number of pyridine rings is 1. The molecule has 1 aliphatic carbocycles. The molecule has 0 N–H and O–H groups in total.